The molecule has 1 saturated heterocycles. The molecular formula is C10H19N3. The minimum atomic E-state index is 0.318. The van der Waals surface area contributed by atoms with Crippen LogP contribution in [0.25, 0.3) is 0 Å². The Morgan fingerprint density at radius 2 is 2.31 bits per heavy atom. The highest BCUT2D eigenvalue weighted by Crippen LogP contribution is 2.18. The van der Waals surface area contributed by atoms with Crippen LogP contribution >= 0.6 is 0 Å². The van der Waals surface area contributed by atoms with E-state index in [4.69, 9.17) is 5.26 Å². The second-order valence-electron chi connectivity index (χ2n) is 4.80. The zero-order chi connectivity index (χ0) is 9.90. The zero-order valence-corrected chi connectivity index (χ0v) is 8.80. The fourth-order valence-corrected chi connectivity index (χ4v) is 1.96. The van der Waals surface area contributed by atoms with Gasteiger partial charge in [-0.1, -0.05) is 13.8 Å². The van der Waals surface area contributed by atoms with E-state index in [0.29, 0.717) is 17.9 Å². The van der Waals surface area contributed by atoms with Crippen LogP contribution in [-0.4, -0.2) is 37.6 Å². The molecule has 0 amide bonds. The van der Waals surface area contributed by atoms with Gasteiger partial charge >= 0.3 is 0 Å². The Kier molecular flexibility index (Phi) is 3.29. The third-order valence-electron chi connectivity index (χ3n) is 2.44. The molecule has 0 radical (unpaired) electrons. The molecule has 1 heterocycles. The lowest BCUT2D eigenvalue weighted by atomic mass is 9.93. The minimum Gasteiger partial charge on any atom is -0.311 e. The largest absolute Gasteiger partial charge is 0.311 e. The summed E-state index contributed by atoms with van der Waals surface area (Å²) in [5.74, 6) is 0. The van der Waals surface area contributed by atoms with E-state index in [1.54, 1.807) is 0 Å². The van der Waals surface area contributed by atoms with Crippen molar-refractivity contribution < 1.29 is 0 Å². The maximum Gasteiger partial charge on any atom is 0.0638 e. The standard InChI is InChI=1S/C10H19N3/c1-10(2)7-12-9(4-5-11)6-13(3)8-10/h9,12H,4,6-8H2,1-3H3. The summed E-state index contributed by atoms with van der Waals surface area (Å²) < 4.78 is 0. The van der Waals surface area contributed by atoms with Crippen molar-refractivity contribution in [1.82, 2.24) is 10.2 Å². The first-order valence-corrected chi connectivity index (χ1v) is 4.82. The first kappa shape index (κ1) is 10.5. The fraction of sp³-hybridized carbons (Fsp3) is 0.900. The molecule has 0 aromatic carbocycles. The molecule has 1 fully saturated rings. The number of nitrogens with zero attached hydrogens (tertiary/aromatic N) is 2. The van der Waals surface area contributed by atoms with E-state index in [2.05, 4.69) is 37.2 Å². The van der Waals surface area contributed by atoms with Crippen LogP contribution in [0.1, 0.15) is 20.3 Å². The summed E-state index contributed by atoms with van der Waals surface area (Å²) in [5.41, 5.74) is 0.318. The third kappa shape index (κ3) is 3.33. The number of nitriles is 1. The Morgan fingerprint density at radius 1 is 1.62 bits per heavy atom. The van der Waals surface area contributed by atoms with Gasteiger partial charge in [0.25, 0.3) is 0 Å². The van der Waals surface area contributed by atoms with E-state index >= 15 is 0 Å². The van der Waals surface area contributed by atoms with E-state index in [1.807, 2.05) is 0 Å². The van der Waals surface area contributed by atoms with E-state index in [1.165, 1.54) is 0 Å². The molecule has 1 unspecified atom stereocenters. The number of nitrogens with one attached hydrogen (secondary N) is 1. The van der Waals surface area contributed by atoms with Crippen LogP contribution in [-0.2, 0) is 0 Å². The SMILES string of the molecule is CN1CC(CC#N)NCC(C)(C)C1. The van der Waals surface area contributed by atoms with Crippen LogP contribution < -0.4 is 5.32 Å². The summed E-state index contributed by atoms with van der Waals surface area (Å²) in [5, 5.41) is 12.1. The lowest BCUT2D eigenvalue weighted by Gasteiger charge is -2.25. The van der Waals surface area contributed by atoms with Gasteiger partial charge in [-0.2, -0.15) is 5.26 Å². The molecule has 13 heavy (non-hydrogen) atoms. The summed E-state index contributed by atoms with van der Waals surface area (Å²) in [6.07, 6.45) is 0.612. The summed E-state index contributed by atoms with van der Waals surface area (Å²) in [4.78, 5) is 2.31. The number of rotatable bonds is 1. The second-order valence-corrected chi connectivity index (χ2v) is 4.80. The highest BCUT2D eigenvalue weighted by Gasteiger charge is 2.26. The van der Waals surface area contributed by atoms with E-state index in [9.17, 15) is 0 Å². The van der Waals surface area contributed by atoms with E-state index in [0.717, 1.165) is 19.6 Å². The monoisotopic (exact) mass is 181 g/mol. The molecule has 1 aliphatic heterocycles. The summed E-state index contributed by atoms with van der Waals surface area (Å²) in [6, 6.07) is 2.57. The molecule has 0 aliphatic carbocycles. The third-order valence-corrected chi connectivity index (χ3v) is 2.44. The van der Waals surface area contributed by atoms with Crippen LogP contribution in [0.15, 0.2) is 0 Å². The molecule has 0 saturated carbocycles. The normalized spacial score (nSPS) is 29.2. The van der Waals surface area contributed by atoms with Gasteiger partial charge < -0.3 is 10.2 Å². The molecule has 74 valence electrons. The van der Waals surface area contributed by atoms with Crippen molar-refractivity contribution in [2.24, 2.45) is 5.41 Å². The average Bonchev–Trinajstić information content (AvgIpc) is 2.10. The number of hydrogen-bond donors (Lipinski definition) is 1. The summed E-state index contributed by atoms with van der Waals surface area (Å²) in [7, 11) is 2.12. The molecule has 0 aromatic rings. The molecule has 1 rings (SSSR count). The zero-order valence-electron chi connectivity index (χ0n) is 8.80. The van der Waals surface area contributed by atoms with Crippen molar-refractivity contribution in [2.75, 3.05) is 26.7 Å². The Morgan fingerprint density at radius 3 is 2.92 bits per heavy atom. The van der Waals surface area contributed by atoms with Gasteiger partial charge in [-0.25, -0.2) is 0 Å². The Hall–Kier alpha value is -0.590. The molecule has 0 aromatic heterocycles. The van der Waals surface area contributed by atoms with Crippen molar-refractivity contribution in [2.45, 2.75) is 26.3 Å². The van der Waals surface area contributed by atoms with Crippen LogP contribution in [0.4, 0.5) is 0 Å². The highest BCUT2D eigenvalue weighted by molar-refractivity contribution is 4.88. The molecule has 1 atom stereocenters. The molecule has 3 heteroatoms. The average molecular weight is 181 g/mol. The molecule has 3 nitrogen and oxygen atoms in total. The van der Waals surface area contributed by atoms with Crippen molar-refractivity contribution in [1.29, 1.82) is 5.26 Å². The van der Waals surface area contributed by atoms with Gasteiger partial charge in [-0.05, 0) is 12.5 Å². The lowest BCUT2D eigenvalue weighted by molar-refractivity contribution is 0.238. The Labute approximate surface area is 80.7 Å². The smallest absolute Gasteiger partial charge is 0.0638 e. The van der Waals surface area contributed by atoms with Gasteiger partial charge in [0.1, 0.15) is 0 Å². The van der Waals surface area contributed by atoms with E-state index < -0.39 is 0 Å². The van der Waals surface area contributed by atoms with Gasteiger partial charge in [0.2, 0.25) is 0 Å². The quantitative estimate of drug-likeness (QED) is 0.651. The summed E-state index contributed by atoms with van der Waals surface area (Å²) >= 11 is 0. The van der Waals surface area contributed by atoms with Crippen LogP contribution in [0.5, 0.6) is 0 Å². The predicted octanol–water partition coefficient (Wildman–Crippen LogP) is 0.830. The number of likely N-dealkylation sites (N-methyl/N-ethyl adjacent to an activating group) is 1. The highest BCUT2D eigenvalue weighted by atomic mass is 15.2. The molecule has 1 N–H and O–H groups in total. The molecular weight excluding hydrogens is 162 g/mol. The van der Waals surface area contributed by atoms with Crippen LogP contribution in [0, 0.1) is 16.7 Å². The lowest BCUT2D eigenvalue weighted by Crippen LogP contribution is -2.36. The topological polar surface area (TPSA) is 39.1 Å². The Bertz CT molecular complexity index is 205. The molecule has 1 aliphatic rings. The summed E-state index contributed by atoms with van der Waals surface area (Å²) in [6.45, 7) is 7.60. The first-order valence-electron chi connectivity index (χ1n) is 4.82. The Balaban J connectivity index is 2.54. The second kappa shape index (κ2) is 4.08. The van der Waals surface area contributed by atoms with Gasteiger partial charge in [0.05, 0.1) is 12.5 Å². The van der Waals surface area contributed by atoms with Crippen LogP contribution in [0.2, 0.25) is 0 Å². The van der Waals surface area contributed by atoms with Gasteiger partial charge in [0, 0.05) is 25.7 Å². The molecule has 0 bridgehead atoms. The number of hydrogen-bond acceptors (Lipinski definition) is 3. The maximum absolute atomic E-state index is 8.62. The van der Waals surface area contributed by atoms with Gasteiger partial charge in [-0.15, -0.1) is 0 Å². The van der Waals surface area contributed by atoms with Gasteiger partial charge in [0.15, 0.2) is 0 Å². The van der Waals surface area contributed by atoms with Gasteiger partial charge in [-0.3, -0.25) is 0 Å². The van der Waals surface area contributed by atoms with Crippen molar-refractivity contribution in [3.63, 3.8) is 0 Å². The predicted molar refractivity (Wildman–Crippen MR) is 53.3 cm³/mol. The van der Waals surface area contributed by atoms with E-state index in [-0.39, 0.29) is 0 Å². The maximum atomic E-state index is 8.62. The fourth-order valence-electron chi connectivity index (χ4n) is 1.96. The van der Waals surface area contributed by atoms with Crippen molar-refractivity contribution >= 4 is 0 Å². The molecule has 0 spiro atoms. The minimum absolute atomic E-state index is 0.318. The van der Waals surface area contributed by atoms with Crippen molar-refractivity contribution in [3.05, 3.63) is 0 Å². The van der Waals surface area contributed by atoms with Crippen LogP contribution in [0.3, 0.4) is 0 Å². The first-order chi connectivity index (χ1) is 6.03. The van der Waals surface area contributed by atoms with Crippen molar-refractivity contribution in [3.8, 4) is 6.07 Å².